The summed E-state index contributed by atoms with van der Waals surface area (Å²) in [5.41, 5.74) is 0.840. The summed E-state index contributed by atoms with van der Waals surface area (Å²) in [7, 11) is 0. The van der Waals surface area contributed by atoms with Gasteiger partial charge >= 0.3 is 0 Å². The molecule has 1 aromatic heterocycles. The molecule has 0 aliphatic heterocycles. The highest BCUT2D eigenvalue weighted by molar-refractivity contribution is 5.37. The summed E-state index contributed by atoms with van der Waals surface area (Å²) < 4.78 is 7.71. The van der Waals surface area contributed by atoms with Gasteiger partial charge in [-0.3, -0.25) is 0 Å². The molecule has 1 atom stereocenters. The van der Waals surface area contributed by atoms with Crippen molar-refractivity contribution < 1.29 is 4.74 Å². The van der Waals surface area contributed by atoms with Crippen LogP contribution in [0.25, 0.3) is 0 Å². The van der Waals surface area contributed by atoms with Crippen molar-refractivity contribution in [2.24, 2.45) is 10.2 Å². The average molecular weight is 257 g/mol. The number of hydrogen-bond donors (Lipinski definition) is 0. The first-order chi connectivity index (χ1) is 9.16. The van der Waals surface area contributed by atoms with Gasteiger partial charge in [-0.05, 0) is 45.0 Å². The minimum atomic E-state index is -0.0558. The predicted molar refractivity (Wildman–Crippen MR) is 76.0 cm³/mol. The van der Waals surface area contributed by atoms with Crippen molar-refractivity contribution in [3.63, 3.8) is 0 Å². The van der Waals surface area contributed by atoms with Crippen molar-refractivity contribution >= 4 is 11.5 Å². The van der Waals surface area contributed by atoms with Crippen LogP contribution in [0.4, 0.5) is 11.5 Å². The van der Waals surface area contributed by atoms with Crippen molar-refractivity contribution in [2.45, 2.75) is 33.1 Å². The number of rotatable bonds is 5. The van der Waals surface area contributed by atoms with Gasteiger partial charge in [0.05, 0.1) is 11.8 Å². The zero-order chi connectivity index (χ0) is 13.7. The van der Waals surface area contributed by atoms with E-state index < -0.39 is 0 Å². The van der Waals surface area contributed by atoms with Gasteiger partial charge in [0.2, 0.25) is 0 Å². The Morgan fingerprint density at radius 3 is 2.37 bits per heavy atom. The fourth-order valence-electron chi connectivity index (χ4n) is 1.84. The summed E-state index contributed by atoms with van der Waals surface area (Å²) in [6, 6.07) is 13.6. The third kappa shape index (κ3) is 3.76. The largest absolute Gasteiger partial charge is 0.356 e. The van der Waals surface area contributed by atoms with Crippen LogP contribution in [0.1, 0.15) is 27.0 Å². The second-order valence-corrected chi connectivity index (χ2v) is 4.59. The first-order valence-electron chi connectivity index (χ1n) is 6.46. The average Bonchev–Trinajstić information content (AvgIpc) is 2.85. The molecule has 2 rings (SSSR count). The standard InChI is InChI=1S/C15H19N3O/c1-12(2)19-13(3)18-11-7-10-15(18)17-16-14-8-5-4-6-9-14/h4-13H,1-3H3. The topological polar surface area (TPSA) is 38.9 Å². The number of aromatic nitrogens is 1. The molecule has 0 amide bonds. The van der Waals surface area contributed by atoms with Crippen LogP contribution >= 0.6 is 0 Å². The van der Waals surface area contributed by atoms with Crippen LogP contribution in [0.3, 0.4) is 0 Å². The van der Waals surface area contributed by atoms with E-state index >= 15 is 0 Å². The smallest absolute Gasteiger partial charge is 0.157 e. The number of hydrogen-bond acceptors (Lipinski definition) is 3. The fraction of sp³-hybridized carbons (Fsp3) is 0.333. The van der Waals surface area contributed by atoms with Gasteiger partial charge in [-0.15, -0.1) is 10.2 Å². The van der Waals surface area contributed by atoms with Crippen LogP contribution in [0, 0.1) is 0 Å². The van der Waals surface area contributed by atoms with Crippen LogP contribution in [0.2, 0.25) is 0 Å². The maximum atomic E-state index is 5.75. The molecule has 0 fully saturated rings. The summed E-state index contributed by atoms with van der Waals surface area (Å²) in [4.78, 5) is 0. The highest BCUT2D eigenvalue weighted by atomic mass is 16.5. The molecule has 0 saturated carbocycles. The third-order valence-electron chi connectivity index (χ3n) is 2.64. The highest BCUT2D eigenvalue weighted by Crippen LogP contribution is 2.23. The summed E-state index contributed by atoms with van der Waals surface area (Å²) in [6.45, 7) is 6.04. The molecule has 1 unspecified atom stereocenters. The minimum absolute atomic E-state index is 0.0558. The van der Waals surface area contributed by atoms with E-state index in [0.717, 1.165) is 11.5 Å². The molecule has 4 heteroatoms. The summed E-state index contributed by atoms with van der Waals surface area (Å²) in [5, 5.41) is 8.49. The summed E-state index contributed by atoms with van der Waals surface area (Å²) in [5.74, 6) is 0.789. The lowest BCUT2D eigenvalue weighted by molar-refractivity contribution is -0.0237. The van der Waals surface area contributed by atoms with Crippen LogP contribution < -0.4 is 0 Å². The SMILES string of the molecule is CC(C)OC(C)n1cccc1N=Nc1ccccc1. The second-order valence-electron chi connectivity index (χ2n) is 4.59. The van der Waals surface area contributed by atoms with E-state index in [9.17, 15) is 0 Å². The van der Waals surface area contributed by atoms with Gasteiger partial charge in [0.1, 0.15) is 6.23 Å². The molecule has 0 spiro atoms. The molecule has 0 saturated heterocycles. The van der Waals surface area contributed by atoms with Crippen molar-refractivity contribution in [3.8, 4) is 0 Å². The monoisotopic (exact) mass is 257 g/mol. The molecule has 0 aliphatic carbocycles. The lowest BCUT2D eigenvalue weighted by Gasteiger charge is -2.18. The van der Waals surface area contributed by atoms with Gasteiger partial charge in [-0.25, -0.2) is 0 Å². The third-order valence-corrected chi connectivity index (χ3v) is 2.64. The van der Waals surface area contributed by atoms with E-state index in [1.807, 2.05) is 74.0 Å². The molecule has 1 heterocycles. The molecule has 0 N–H and O–H groups in total. The van der Waals surface area contributed by atoms with E-state index in [0.29, 0.717) is 0 Å². The van der Waals surface area contributed by atoms with Crippen molar-refractivity contribution in [3.05, 3.63) is 48.7 Å². The molecule has 4 nitrogen and oxygen atoms in total. The Bertz CT molecular complexity index is 531. The zero-order valence-corrected chi connectivity index (χ0v) is 11.5. The van der Waals surface area contributed by atoms with Crippen molar-refractivity contribution in [2.75, 3.05) is 0 Å². The number of nitrogens with zero attached hydrogens (tertiary/aromatic N) is 3. The lowest BCUT2D eigenvalue weighted by Crippen LogP contribution is -2.12. The Balaban J connectivity index is 2.14. The molecule has 0 aliphatic rings. The molecule has 1 aromatic carbocycles. The van der Waals surface area contributed by atoms with Crippen LogP contribution in [-0.4, -0.2) is 10.7 Å². The maximum Gasteiger partial charge on any atom is 0.157 e. The fourth-order valence-corrected chi connectivity index (χ4v) is 1.84. The van der Waals surface area contributed by atoms with E-state index in [1.54, 1.807) is 0 Å². The molecule has 100 valence electrons. The van der Waals surface area contributed by atoms with Crippen LogP contribution in [-0.2, 0) is 4.74 Å². The first-order valence-corrected chi connectivity index (χ1v) is 6.46. The Morgan fingerprint density at radius 1 is 0.947 bits per heavy atom. The quantitative estimate of drug-likeness (QED) is 0.706. The Morgan fingerprint density at radius 2 is 1.68 bits per heavy atom. The number of azo groups is 1. The Kier molecular flexibility index (Phi) is 4.47. The van der Waals surface area contributed by atoms with Crippen molar-refractivity contribution in [1.82, 2.24) is 4.57 Å². The number of benzene rings is 1. The number of ether oxygens (including phenoxy) is 1. The van der Waals surface area contributed by atoms with Gasteiger partial charge in [-0.2, -0.15) is 0 Å². The summed E-state index contributed by atoms with van der Waals surface area (Å²) >= 11 is 0. The van der Waals surface area contributed by atoms with Gasteiger partial charge in [0.15, 0.2) is 5.82 Å². The van der Waals surface area contributed by atoms with E-state index in [4.69, 9.17) is 4.74 Å². The van der Waals surface area contributed by atoms with Crippen molar-refractivity contribution in [1.29, 1.82) is 0 Å². The molecule has 19 heavy (non-hydrogen) atoms. The van der Waals surface area contributed by atoms with Crippen LogP contribution in [0.5, 0.6) is 0 Å². The van der Waals surface area contributed by atoms with Gasteiger partial charge in [-0.1, -0.05) is 18.2 Å². The Hall–Kier alpha value is -1.94. The van der Waals surface area contributed by atoms with E-state index in [-0.39, 0.29) is 12.3 Å². The lowest BCUT2D eigenvalue weighted by atomic mass is 10.3. The Labute approximate surface area is 113 Å². The normalized spacial score (nSPS) is 13.3. The maximum absolute atomic E-state index is 5.75. The highest BCUT2D eigenvalue weighted by Gasteiger charge is 2.09. The summed E-state index contributed by atoms with van der Waals surface area (Å²) in [6.07, 6.45) is 2.07. The molecule has 0 radical (unpaired) electrons. The van der Waals surface area contributed by atoms with Crippen LogP contribution in [0.15, 0.2) is 58.9 Å². The van der Waals surface area contributed by atoms with Gasteiger partial charge < -0.3 is 9.30 Å². The van der Waals surface area contributed by atoms with E-state index in [2.05, 4.69) is 10.2 Å². The van der Waals surface area contributed by atoms with E-state index in [1.165, 1.54) is 0 Å². The predicted octanol–water partition coefficient (Wildman–Crippen LogP) is 4.85. The second kappa shape index (κ2) is 6.29. The van der Waals surface area contributed by atoms with Gasteiger partial charge in [0.25, 0.3) is 0 Å². The van der Waals surface area contributed by atoms with Gasteiger partial charge in [0, 0.05) is 6.20 Å². The first kappa shape index (κ1) is 13.5. The molecular weight excluding hydrogens is 238 g/mol. The molecule has 0 bridgehead atoms. The molecule has 2 aromatic rings. The minimum Gasteiger partial charge on any atom is -0.356 e. The molecular formula is C15H19N3O. The zero-order valence-electron chi connectivity index (χ0n) is 11.5.